The fourth-order valence-corrected chi connectivity index (χ4v) is 5.14. The van der Waals surface area contributed by atoms with Crippen molar-refractivity contribution in [3.8, 4) is 5.75 Å². The second-order valence-electron chi connectivity index (χ2n) is 10.6. The summed E-state index contributed by atoms with van der Waals surface area (Å²) in [6, 6.07) is 19.2. The van der Waals surface area contributed by atoms with Crippen LogP contribution < -0.4 is 4.74 Å². The van der Waals surface area contributed by atoms with E-state index in [1.807, 2.05) is 35.2 Å². The van der Waals surface area contributed by atoms with Crippen LogP contribution in [0.3, 0.4) is 0 Å². The molecule has 3 aromatic rings. The first-order valence-corrected chi connectivity index (χ1v) is 14.6. The highest BCUT2D eigenvalue weighted by atomic mass is 19.1. The Kier molecular flexibility index (Phi) is 11.5. The molecule has 1 fully saturated rings. The van der Waals surface area contributed by atoms with Crippen LogP contribution in [-0.2, 0) is 27.1 Å². The van der Waals surface area contributed by atoms with Crippen LogP contribution in [0.2, 0.25) is 0 Å². The number of amides is 1. The summed E-state index contributed by atoms with van der Waals surface area (Å²) in [4.78, 5) is 37.4. The molecule has 8 heteroatoms. The molecule has 1 amide bonds. The van der Waals surface area contributed by atoms with Gasteiger partial charge in [-0.25, -0.2) is 14.0 Å². The average Bonchev–Trinajstić information content (AvgIpc) is 3.45. The number of aryl methyl sites for hydroxylation is 1. The number of hydrogen-bond acceptors (Lipinski definition) is 6. The number of ether oxygens (including phenoxy) is 3. The average molecular weight is 588 g/mol. The van der Waals surface area contributed by atoms with Gasteiger partial charge in [-0.1, -0.05) is 36.4 Å². The molecule has 4 rings (SSSR count). The zero-order valence-electron chi connectivity index (χ0n) is 24.7. The van der Waals surface area contributed by atoms with Gasteiger partial charge < -0.3 is 19.1 Å². The summed E-state index contributed by atoms with van der Waals surface area (Å²) >= 11 is 0. The van der Waals surface area contributed by atoms with Crippen LogP contribution in [0.25, 0.3) is 6.08 Å². The number of nitrogens with zero attached hydrogens (tertiary/aromatic N) is 1. The van der Waals surface area contributed by atoms with Crippen molar-refractivity contribution in [2.75, 3.05) is 33.9 Å². The first-order valence-electron chi connectivity index (χ1n) is 14.6. The van der Waals surface area contributed by atoms with E-state index in [1.54, 1.807) is 30.3 Å². The zero-order valence-corrected chi connectivity index (χ0v) is 24.7. The van der Waals surface area contributed by atoms with Crippen LogP contribution in [0.1, 0.15) is 63.1 Å². The van der Waals surface area contributed by atoms with Crippen molar-refractivity contribution in [2.45, 2.75) is 38.5 Å². The molecule has 1 heterocycles. The lowest BCUT2D eigenvalue weighted by Gasteiger charge is -2.16. The van der Waals surface area contributed by atoms with E-state index < -0.39 is 0 Å². The molecule has 0 saturated carbocycles. The second-order valence-corrected chi connectivity index (χ2v) is 10.6. The number of methoxy groups -OCH3 is 2. The summed E-state index contributed by atoms with van der Waals surface area (Å²) in [5.74, 6) is -0.248. The molecule has 3 aromatic carbocycles. The number of allylic oxidation sites excluding steroid dienone is 1. The molecule has 1 saturated heterocycles. The van der Waals surface area contributed by atoms with Gasteiger partial charge in [-0.2, -0.15) is 0 Å². The van der Waals surface area contributed by atoms with E-state index in [2.05, 4.69) is 6.08 Å². The van der Waals surface area contributed by atoms with E-state index in [-0.39, 0.29) is 29.6 Å². The van der Waals surface area contributed by atoms with Crippen LogP contribution in [0, 0.1) is 11.7 Å². The van der Waals surface area contributed by atoms with Gasteiger partial charge in [0, 0.05) is 25.1 Å². The maximum Gasteiger partial charge on any atom is 0.337 e. The summed E-state index contributed by atoms with van der Waals surface area (Å²) in [6.45, 7) is 1.88. The van der Waals surface area contributed by atoms with Crippen molar-refractivity contribution in [3.05, 3.63) is 106 Å². The molecule has 0 radical (unpaired) electrons. The lowest BCUT2D eigenvalue weighted by atomic mass is 9.91. The van der Waals surface area contributed by atoms with E-state index in [1.165, 1.54) is 26.4 Å². The Morgan fingerprint density at radius 3 is 2.19 bits per heavy atom. The molecule has 0 aliphatic carbocycles. The summed E-state index contributed by atoms with van der Waals surface area (Å²) in [5.41, 5.74) is 3.76. The van der Waals surface area contributed by atoms with Crippen LogP contribution in [0.4, 0.5) is 4.39 Å². The molecule has 0 bridgehead atoms. The Morgan fingerprint density at radius 2 is 1.58 bits per heavy atom. The highest BCUT2D eigenvalue weighted by molar-refractivity contribution is 5.89. The number of hydrogen-bond donors (Lipinski definition) is 0. The zero-order chi connectivity index (χ0) is 30.6. The standard InChI is InChI=1S/C35H38FNO6/c1-41-34(39)28-13-8-25(9-14-28)6-7-26(23-27-10-15-29(16-11-27)35(40)42-2)12-17-30-24-31(36)18-19-32(30)43-22-4-21-37-20-3-5-33(37)38/h8-19,24,26H,3-7,20-23H2,1-2H3. The number of rotatable bonds is 14. The molecule has 0 N–H and O–H groups in total. The summed E-state index contributed by atoms with van der Waals surface area (Å²) in [6.07, 6.45) is 8.45. The first-order chi connectivity index (χ1) is 20.9. The summed E-state index contributed by atoms with van der Waals surface area (Å²) < 4.78 is 29.9. The maximum absolute atomic E-state index is 14.3. The van der Waals surface area contributed by atoms with Gasteiger partial charge in [-0.15, -0.1) is 0 Å². The Bertz CT molecular complexity index is 1420. The molecule has 1 aliphatic heterocycles. The van der Waals surface area contributed by atoms with Crippen molar-refractivity contribution in [3.63, 3.8) is 0 Å². The molecule has 226 valence electrons. The third-order valence-corrected chi connectivity index (χ3v) is 7.57. The monoisotopic (exact) mass is 587 g/mol. The van der Waals surface area contributed by atoms with E-state index >= 15 is 0 Å². The predicted molar refractivity (Wildman–Crippen MR) is 162 cm³/mol. The smallest absolute Gasteiger partial charge is 0.337 e. The fraction of sp³-hybridized carbons (Fsp3) is 0.343. The Hall–Kier alpha value is -4.46. The van der Waals surface area contributed by atoms with Crippen molar-refractivity contribution in [1.29, 1.82) is 0 Å². The van der Waals surface area contributed by atoms with Gasteiger partial charge in [0.15, 0.2) is 0 Å². The normalized spacial score (nSPS) is 13.7. The van der Waals surface area contributed by atoms with Crippen molar-refractivity contribution in [2.24, 2.45) is 5.92 Å². The molecule has 0 aromatic heterocycles. The topological polar surface area (TPSA) is 82.1 Å². The molecule has 1 unspecified atom stereocenters. The van der Waals surface area contributed by atoms with E-state index in [0.29, 0.717) is 54.9 Å². The summed E-state index contributed by atoms with van der Waals surface area (Å²) in [5, 5.41) is 0. The van der Waals surface area contributed by atoms with Crippen LogP contribution in [-0.4, -0.2) is 56.7 Å². The number of benzene rings is 3. The van der Waals surface area contributed by atoms with Gasteiger partial charge in [-0.3, -0.25) is 4.79 Å². The molecule has 1 atom stereocenters. The maximum atomic E-state index is 14.3. The lowest BCUT2D eigenvalue weighted by molar-refractivity contribution is -0.127. The van der Waals surface area contributed by atoms with E-state index in [4.69, 9.17) is 14.2 Å². The minimum atomic E-state index is -0.385. The minimum absolute atomic E-state index is 0.0848. The predicted octanol–water partition coefficient (Wildman–Crippen LogP) is 6.30. The van der Waals surface area contributed by atoms with Crippen molar-refractivity contribution in [1.82, 2.24) is 4.90 Å². The molecular weight excluding hydrogens is 549 g/mol. The molecule has 43 heavy (non-hydrogen) atoms. The lowest BCUT2D eigenvalue weighted by Crippen LogP contribution is -2.26. The third-order valence-electron chi connectivity index (χ3n) is 7.57. The van der Waals surface area contributed by atoms with Gasteiger partial charge in [0.1, 0.15) is 11.6 Å². The first kappa shape index (κ1) is 31.5. The van der Waals surface area contributed by atoms with Crippen LogP contribution >= 0.6 is 0 Å². The number of likely N-dealkylation sites (tertiary alicyclic amines) is 1. The molecular formula is C35H38FNO6. The Morgan fingerprint density at radius 1 is 0.930 bits per heavy atom. The SMILES string of the molecule is COC(=O)c1ccc(CCC(C=Cc2cc(F)ccc2OCCCN2CCCC2=O)Cc2ccc(C(=O)OC)cc2)cc1. The molecule has 7 nitrogen and oxygen atoms in total. The van der Waals surface area contributed by atoms with Gasteiger partial charge in [0.05, 0.1) is 32.0 Å². The minimum Gasteiger partial charge on any atom is -0.493 e. The fourth-order valence-electron chi connectivity index (χ4n) is 5.14. The number of carbonyl (C=O) groups is 3. The van der Waals surface area contributed by atoms with Gasteiger partial charge in [-0.05, 0) is 91.6 Å². The van der Waals surface area contributed by atoms with Gasteiger partial charge in [0.2, 0.25) is 5.91 Å². The van der Waals surface area contributed by atoms with Crippen LogP contribution in [0.15, 0.2) is 72.8 Å². The number of carbonyl (C=O) groups excluding carboxylic acids is 3. The van der Waals surface area contributed by atoms with Gasteiger partial charge >= 0.3 is 11.9 Å². The van der Waals surface area contributed by atoms with Crippen LogP contribution in [0.5, 0.6) is 5.75 Å². The quantitative estimate of drug-likeness (QED) is 0.163. The molecule has 0 spiro atoms. The van der Waals surface area contributed by atoms with Crippen molar-refractivity contribution >= 4 is 23.9 Å². The Balaban J connectivity index is 1.46. The van der Waals surface area contributed by atoms with E-state index in [9.17, 15) is 18.8 Å². The number of halogens is 1. The highest BCUT2D eigenvalue weighted by Gasteiger charge is 2.19. The number of esters is 2. The van der Waals surface area contributed by atoms with Crippen molar-refractivity contribution < 1.29 is 33.0 Å². The summed E-state index contributed by atoms with van der Waals surface area (Å²) in [7, 11) is 2.71. The van der Waals surface area contributed by atoms with E-state index in [0.717, 1.165) is 36.9 Å². The Labute approximate surface area is 252 Å². The largest absolute Gasteiger partial charge is 0.493 e. The molecule has 1 aliphatic rings. The third kappa shape index (κ3) is 9.26. The highest BCUT2D eigenvalue weighted by Crippen LogP contribution is 2.25. The second kappa shape index (κ2) is 15.7. The van der Waals surface area contributed by atoms with Gasteiger partial charge in [0.25, 0.3) is 0 Å².